The largest absolute Gasteiger partial charge is 0.506 e. The van der Waals surface area contributed by atoms with Crippen LogP contribution in [0, 0.1) is 6.92 Å². The number of nitrogens with one attached hydrogen (secondary N) is 1. The zero-order chi connectivity index (χ0) is 18.4. The van der Waals surface area contributed by atoms with Crippen LogP contribution in [-0.2, 0) is 0 Å². The summed E-state index contributed by atoms with van der Waals surface area (Å²) in [5, 5.41) is 12.9. The van der Waals surface area contributed by atoms with Gasteiger partial charge >= 0.3 is 0 Å². The molecule has 2 aromatic rings. The highest BCUT2D eigenvalue weighted by Crippen LogP contribution is 2.37. The molecule has 0 heterocycles. The first-order valence-electron chi connectivity index (χ1n) is 8.07. The van der Waals surface area contributed by atoms with Crippen molar-refractivity contribution in [3.05, 3.63) is 46.5 Å². The van der Waals surface area contributed by atoms with Gasteiger partial charge in [0.1, 0.15) is 5.75 Å². The number of methoxy groups -OCH3 is 1. The van der Waals surface area contributed by atoms with Gasteiger partial charge in [-0.2, -0.15) is 0 Å². The van der Waals surface area contributed by atoms with Gasteiger partial charge in [-0.1, -0.05) is 31.0 Å². The number of rotatable bonds is 7. The highest BCUT2D eigenvalue weighted by Gasteiger charge is 2.17. The number of amides is 1. The second-order valence-electron chi connectivity index (χ2n) is 5.67. The SMILES string of the molecule is CCCCOc1c(Cl)cc(C(=O)Nc2ccc(C)cc2O)cc1OC. The van der Waals surface area contributed by atoms with E-state index in [1.807, 2.05) is 6.92 Å². The van der Waals surface area contributed by atoms with E-state index in [0.29, 0.717) is 34.4 Å². The molecule has 1 amide bonds. The molecule has 25 heavy (non-hydrogen) atoms. The molecule has 0 bridgehead atoms. The van der Waals surface area contributed by atoms with E-state index < -0.39 is 5.91 Å². The molecule has 5 nitrogen and oxygen atoms in total. The van der Waals surface area contributed by atoms with E-state index in [1.54, 1.807) is 24.3 Å². The highest BCUT2D eigenvalue weighted by molar-refractivity contribution is 6.32. The molecule has 0 atom stereocenters. The van der Waals surface area contributed by atoms with Crippen LogP contribution in [0.25, 0.3) is 0 Å². The zero-order valence-electron chi connectivity index (χ0n) is 14.6. The predicted molar refractivity (Wildman–Crippen MR) is 99.2 cm³/mol. The summed E-state index contributed by atoms with van der Waals surface area (Å²) in [5.41, 5.74) is 1.53. The number of phenolic OH excluding ortho intramolecular Hbond substituents is 1. The lowest BCUT2D eigenvalue weighted by Gasteiger charge is -2.14. The molecule has 0 saturated carbocycles. The zero-order valence-corrected chi connectivity index (χ0v) is 15.3. The molecule has 2 aromatic carbocycles. The van der Waals surface area contributed by atoms with Crippen LogP contribution in [0.5, 0.6) is 17.2 Å². The number of carbonyl (C=O) groups is 1. The van der Waals surface area contributed by atoms with Gasteiger partial charge in [0.25, 0.3) is 5.91 Å². The first-order valence-corrected chi connectivity index (χ1v) is 8.45. The van der Waals surface area contributed by atoms with Crippen molar-refractivity contribution in [3.8, 4) is 17.2 Å². The second kappa shape index (κ2) is 8.62. The first-order chi connectivity index (χ1) is 12.0. The molecule has 2 rings (SSSR count). The summed E-state index contributed by atoms with van der Waals surface area (Å²) >= 11 is 6.26. The summed E-state index contributed by atoms with van der Waals surface area (Å²) < 4.78 is 11.0. The molecule has 0 unspecified atom stereocenters. The molecule has 0 saturated heterocycles. The van der Waals surface area contributed by atoms with Gasteiger partial charge in [-0.25, -0.2) is 0 Å². The normalized spacial score (nSPS) is 10.4. The average Bonchev–Trinajstić information content (AvgIpc) is 2.58. The Labute approximate surface area is 152 Å². The summed E-state index contributed by atoms with van der Waals surface area (Å²) in [7, 11) is 1.49. The van der Waals surface area contributed by atoms with E-state index in [0.717, 1.165) is 18.4 Å². The van der Waals surface area contributed by atoms with Crippen molar-refractivity contribution < 1.29 is 19.4 Å². The molecule has 0 aliphatic carbocycles. The maximum Gasteiger partial charge on any atom is 0.255 e. The van der Waals surface area contributed by atoms with E-state index in [1.165, 1.54) is 13.2 Å². The Bertz CT molecular complexity index is 761. The average molecular weight is 364 g/mol. The predicted octanol–water partition coefficient (Wildman–Crippen LogP) is 4.79. The number of benzene rings is 2. The second-order valence-corrected chi connectivity index (χ2v) is 6.07. The third-order valence-corrected chi connectivity index (χ3v) is 3.92. The van der Waals surface area contributed by atoms with E-state index in [-0.39, 0.29) is 5.75 Å². The van der Waals surface area contributed by atoms with Gasteiger partial charge in [-0.05, 0) is 43.2 Å². The molecular weight excluding hydrogens is 342 g/mol. The standard InChI is InChI=1S/C19H22ClNO4/c1-4-5-8-25-18-14(20)10-13(11-17(18)24-3)19(23)21-15-7-6-12(2)9-16(15)22/h6-7,9-11,22H,4-5,8H2,1-3H3,(H,21,23). The number of hydrogen-bond acceptors (Lipinski definition) is 4. The maximum absolute atomic E-state index is 12.5. The molecule has 0 radical (unpaired) electrons. The van der Waals surface area contributed by atoms with E-state index in [9.17, 15) is 9.90 Å². The number of aryl methyl sites for hydroxylation is 1. The number of halogens is 1. The molecule has 0 aromatic heterocycles. The topological polar surface area (TPSA) is 67.8 Å². The van der Waals surface area contributed by atoms with Crippen molar-refractivity contribution in [3.63, 3.8) is 0 Å². The molecule has 0 spiro atoms. The fraction of sp³-hybridized carbons (Fsp3) is 0.316. The summed E-state index contributed by atoms with van der Waals surface area (Å²) in [5.74, 6) is 0.416. The molecule has 0 fully saturated rings. The number of hydrogen-bond donors (Lipinski definition) is 2. The van der Waals surface area contributed by atoms with Gasteiger partial charge < -0.3 is 19.9 Å². The molecule has 6 heteroatoms. The van der Waals surface area contributed by atoms with Crippen molar-refractivity contribution in [1.29, 1.82) is 0 Å². The smallest absolute Gasteiger partial charge is 0.255 e. The minimum atomic E-state index is -0.403. The molecular formula is C19H22ClNO4. The van der Waals surface area contributed by atoms with Crippen LogP contribution < -0.4 is 14.8 Å². The number of carbonyl (C=O) groups excluding carboxylic acids is 1. The minimum absolute atomic E-state index is 0.00549. The monoisotopic (exact) mass is 363 g/mol. The Kier molecular flexibility index (Phi) is 6.53. The third-order valence-electron chi connectivity index (χ3n) is 3.64. The van der Waals surface area contributed by atoms with Gasteiger partial charge in [-0.15, -0.1) is 0 Å². The van der Waals surface area contributed by atoms with Gasteiger partial charge in [-0.3, -0.25) is 4.79 Å². The molecule has 0 aliphatic heterocycles. The Morgan fingerprint density at radius 1 is 1.28 bits per heavy atom. The van der Waals surface area contributed by atoms with Crippen LogP contribution in [0.15, 0.2) is 30.3 Å². The van der Waals surface area contributed by atoms with Gasteiger partial charge in [0.2, 0.25) is 0 Å². The van der Waals surface area contributed by atoms with Crippen molar-refractivity contribution >= 4 is 23.2 Å². The summed E-state index contributed by atoms with van der Waals surface area (Å²) in [6, 6.07) is 8.10. The van der Waals surface area contributed by atoms with Gasteiger partial charge in [0.05, 0.1) is 24.4 Å². The maximum atomic E-state index is 12.5. The minimum Gasteiger partial charge on any atom is -0.506 e. The van der Waals surface area contributed by atoms with Crippen LogP contribution in [0.2, 0.25) is 5.02 Å². The highest BCUT2D eigenvalue weighted by atomic mass is 35.5. The number of anilines is 1. The summed E-state index contributed by atoms with van der Waals surface area (Å²) in [6.07, 6.45) is 1.90. The Morgan fingerprint density at radius 3 is 2.68 bits per heavy atom. The first kappa shape index (κ1) is 18.9. The summed E-state index contributed by atoms with van der Waals surface area (Å²) in [6.45, 7) is 4.44. The number of phenols is 1. The van der Waals surface area contributed by atoms with Crippen LogP contribution >= 0.6 is 11.6 Å². The molecule has 2 N–H and O–H groups in total. The van der Waals surface area contributed by atoms with E-state index in [2.05, 4.69) is 12.2 Å². The quantitative estimate of drug-likeness (QED) is 0.548. The van der Waals surface area contributed by atoms with E-state index >= 15 is 0 Å². The number of unbranched alkanes of at least 4 members (excludes halogenated alkanes) is 1. The van der Waals surface area contributed by atoms with Gasteiger partial charge in [0, 0.05) is 5.56 Å². The van der Waals surface area contributed by atoms with Crippen molar-refractivity contribution in [1.82, 2.24) is 0 Å². The molecule has 134 valence electrons. The lowest BCUT2D eigenvalue weighted by Crippen LogP contribution is -2.12. The number of ether oxygens (including phenoxy) is 2. The third kappa shape index (κ3) is 4.79. The Morgan fingerprint density at radius 2 is 2.04 bits per heavy atom. The Balaban J connectivity index is 2.23. The van der Waals surface area contributed by atoms with Crippen molar-refractivity contribution in [2.45, 2.75) is 26.7 Å². The van der Waals surface area contributed by atoms with Crippen LogP contribution in [-0.4, -0.2) is 24.7 Å². The van der Waals surface area contributed by atoms with Gasteiger partial charge in [0.15, 0.2) is 11.5 Å². The molecule has 0 aliphatic rings. The fourth-order valence-electron chi connectivity index (χ4n) is 2.25. The summed E-state index contributed by atoms with van der Waals surface area (Å²) in [4.78, 5) is 12.5. The van der Waals surface area contributed by atoms with Crippen LogP contribution in [0.3, 0.4) is 0 Å². The van der Waals surface area contributed by atoms with E-state index in [4.69, 9.17) is 21.1 Å². The number of aromatic hydroxyl groups is 1. The lowest BCUT2D eigenvalue weighted by molar-refractivity contribution is 0.102. The Hall–Kier alpha value is -2.40. The van der Waals surface area contributed by atoms with Crippen molar-refractivity contribution in [2.24, 2.45) is 0 Å². The fourth-order valence-corrected chi connectivity index (χ4v) is 2.52. The lowest BCUT2D eigenvalue weighted by atomic mass is 10.1. The van der Waals surface area contributed by atoms with Crippen LogP contribution in [0.4, 0.5) is 5.69 Å². The van der Waals surface area contributed by atoms with Crippen molar-refractivity contribution in [2.75, 3.05) is 19.0 Å². The van der Waals surface area contributed by atoms with Crippen LogP contribution in [0.1, 0.15) is 35.7 Å².